The second-order valence-electron chi connectivity index (χ2n) is 5.33. The van der Waals surface area contributed by atoms with Crippen LogP contribution in [0.5, 0.6) is 5.75 Å². The minimum absolute atomic E-state index is 0.213. The molecule has 1 fully saturated rings. The van der Waals surface area contributed by atoms with E-state index >= 15 is 0 Å². The molecule has 1 heterocycles. The number of hydrogen-bond donors (Lipinski definition) is 2. The van der Waals surface area contributed by atoms with Crippen molar-refractivity contribution in [1.82, 2.24) is 5.32 Å². The molecule has 1 aromatic rings. The Morgan fingerprint density at radius 3 is 2.48 bits per heavy atom. The van der Waals surface area contributed by atoms with E-state index < -0.39 is 27.9 Å². The van der Waals surface area contributed by atoms with Crippen molar-refractivity contribution in [3.8, 4) is 5.75 Å². The quantitative estimate of drug-likeness (QED) is 0.813. The number of aliphatic hydroxyl groups is 1. The van der Waals surface area contributed by atoms with Crippen molar-refractivity contribution in [1.29, 1.82) is 0 Å². The van der Waals surface area contributed by atoms with Crippen molar-refractivity contribution >= 4 is 15.7 Å². The number of sulfone groups is 1. The molecule has 0 unspecified atom stereocenters. The van der Waals surface area contributed by atoms with Gasteiger partial charge in [0.25, 0.3) is 5.91 Å². The van der Waals surface area contributed by atoms with Crippen LogP contribution < -0.4 is 10.1 Å². The molecule has 1 aromatic carbocycles. The number of carbonyl (C=O) groups is 1. The number of aryl methyl sites for hydroxylation is 2. The molecule has 7 heteroatoms. The summed E-state index contributed by atoms with van der Waals surface area (Å²) in [5.41, 5.74) is 1.84. The van der Waals surface area contributed by atoms with E-state index in [1.54, 1.807) is 0 Å². The Kier molecular flexibility index (Phi) is 4.53. The zero-order valence-electron chi connectivity index (χ0n) is 12.0. The second kappa shape index (κ2) is 6.03. The van der Waals surface area contributed by atoms with Gasteiger partial charge < -0.3 is 15.2 Å². The SMILES string of the molecule is Cc1cccc(C)c1OCC(=O)N[C@@H]1CS(=O)(=O)C[C@H]1O. The zero-order chi connectivity index (χ0) is 15.6. The Bertz CT molecular complexity index is 621. The third-order valence-electron chi connectivity index (χ3n) is 3.43. The normalized spacial score (nSPS) is 23.8. The average Bonchev–Trinajstić information content (AvgIpc) is 2.61. The van der Waals surface area contributed by atoms with Gasteiger partial charge in [-0.15, -0.1) is 0 Å². The van der Waals surface area contributed by atoms with E-state index in [2.05, 4.69) is 5.32 Å². The summed E-state index contributed by atoms with van der Waals surface area (Å²) in [6, 6.07) is 4.90. The Hall–Kier alpha value is -1.60. The molecule has 1 aliphatic heterocycles. The summed E-state index contributed by atoms with van der Waals surface area (Å²) in [5, 5.41) is 12.1. The summed E-state index contributed by atoms with van der Waals surface area (Å²) >= 11 is 0. The zero-order valence-corrected chi connectivity index (χ0v) is 12.8. The van der Waals surface area contributed by atoms with E-state index in [4.69, 9.17) is 4.74 Å². The first kappa shape index (κ1) is 15.8. The largest absolute Gasteiger partial charge is 0.483 e. The molecule has 0 radical (unpaired) electrons. The molecule has 0 spiro atoms. The lowest BCUT2D eigenvalue weighted by atomic mass is 10.1. The van der Waals surface area contributed by atoms with Gasteiger partial charge in [-0.1, -0.05) is 18.2 Å². The molecule has 2 rings (SSSR count). The number of amides is 1. The summed E-state index contributed by atoms with van der Waals surface area (Å²) in [6.45, 7) is 3.55. The molecule has 0 saturated carbocycles. The Labute approximate surface area is 124 Å². The lowest BCUT2D eigenvalue weighted by Gasteiger charge is -2.16. The number of ether oxygens (including phenoxy) is 1. The summed E-state index contributed by atoms with van der Waals surface area (Å²) in [6.07, 6.45) is -1.06. The number of hydrogen-bond acceptors (Lipinski definition) is 5. The van der Waals surface area contributed by atoms with Crippen LogP contribution in [0.1, 0.15) is 11.1 Å². The average molecular weight is 313 g/mol. The monoisotopic (exact) mass is 313 g/mol. The van der Waals surface area contributed by atoms with Gasteiger partial charge in [0.1, 0.15) is 5.75 Å². The van der Waals surface area contributed by atoms with Gasteiger partial charge in [-0.3, -0.25) is 4.79 Å². The van der Waals surface area contributed by atoms with Gasteiger partial charge in [-0.25, -0.2) is 8.42 Å². The van der Waals surface area contributed by atoms with Crippen LogP contribution in [0, 0.1) is 13.8 Å². The van der Waals surface area contributed by atoms with E-state index in [0.29, 0.717) is 5.75 Å². The van der Waals surface area contributed by atoms with Crippen LogP contribution in [0.2, 0.25) is 0 Å². The standard InChI is InChI=1S/C14H19NO5S/c1-9-4-3-5-10(2)14(9)20-6-13(17)15-11-7-21(18,19)8-12(11)16/h3-5,11-12,16H,6-8H2,1-2H3,(H,15,17)/t11-,12-/m1/s1. The first-order chi connectivity index (χ1) is 9.78. The smallest absolute Gasteiger partial charge is 0.258 e. The van der Waals surface area contributed by atoms with E-state index in [1.807, 2.05) is 32.0 Å². The van der Waals surface area contributed by atoms with Crippen LogP contribution in [-0.4, -0.2) is 49.7 Å². The molecule has 1 amide bonds. The number of carbonyl (C=O) groups excluding carboxylic acids is 1. The van der Waals surface area contributed by atoms with E-state index in [-0.39, 0.29) is 18.1 Å². The topological polar surface area (TPSA) is 92.7 Å². The Balaban J connectivity index is 1.91. The molecule has 21 heavy (non-hydrogen) atoms. The van der Waals surface area contributed by atoms with Crippen LogP contribution in [0.4, 0.5) is 0 Å². The summed E-state index contributed by atoms with van der Waals surface area (Å²) in [7, 11) is -3.28. The summed E-state index contributed by atoms with van der Waals surface area (Å²) < 4.78 is 28.2. The molecule has 2 N–H and O–H groups in total. The van der Waals surface area contributed by atoms with Crippen molar-refractivity contribution in [2.45, 2.75) is 26.0 Å². The van der Waals surface area contributed by atoms with Crippen LogP contribution >= 0.6 is 0 Å². The highest BCUT2D eigenvalue weighted by molar-refractivity contribution is 7.91. The van der Waals surface area contributed by atoms with Crippen LogP contribution in [-0.2, 0) is 14.6 Å². The Morgan fingerprint density at radius 1 is 1.33 bits per heavy atom. The van der Waals surface area contributed by atoms with Crippen molar-refractivity contribution in [2.24, 2.45) is 0 Å². The van der Waals surface area contributed by atoms with Crippen LogP contribution in [0.25, 0.3) is 0 Å². The van der Waals surface area contributed by atoms with Crippen molar-refractivity contribution in [2.75, 3.05) is 18.1 Å². The number of benzene rings is 1. The van der Waals surface area contributed by atoms with Gasteiger partial charge in [0.05, 0.1) is 23.7 Å². The first-order valence-electron chi connectivity index (χ1n) is 6.65. The van der Waals surface area contributed by atoms with Gasteiger partial charge >= 0.3 is 0 Å². The fourth-order valence-electron chi connectivity index (χ4n) is 2.38. The molecule has 0 aromatic heterocycles. The number of rotatable bonds is 4. The molecular weight excluding hydrogens is 294 g/mol. The lowest BCUT2D eigenvalue weighted by molar-refractivity contribution is -0.124. The molecule has 1 saturated heterocycles. The predicted octanol–water partition coefficient (Wildman–Crippen LogP) is -0.0437. The van der Waals surface area contributed by atoms with E-state index in [9.17, 15) is 18.3 Å². The molecule has 1 aliphatic rings. The van der Waals surface area contributed by atoms with E-state index in [1.165, 1.54) is 0 Å². The first-order valence-corrected chi connectivity index (χ1v) is 8.47. The maximum atomic E-state index is 11.8. The highest BCUT2D eigenvalue weighted by atomic mass is 32.2. The molecule has 2 atom stereocenters. The fourth-order valence-corrected chi connectivity index (χ4v) is 4.12. The highest BCUT2D eigenvalue weighted by Crippen LogP contribution is 2.22. The molecule has 0 aliphatic carbocycles. The van der Waals surface area contributed by atoms with Crippen molar-refractivity contribution < 1.29 is 23.1 Å². The second-order valence-corrected chi connectivity index (χ2v) is 7.48. The molecule has 6 nitrogen and oxygen atoms in total. The van der Waals surface area contributed by atoms with Crippen LogP contribution in [0.15, 0.2) is 18.2 Å². The third-order valence-corrected chi connectivity index (χ3v) is 5.14. The van der Waals surface area contributed by atoms with Gasteiger partial charge in [-0.2, -0.15) is 0 Å². The van der Waals surface area contributed by atoms with Crippen LogP contribution in [0.3, 0.4) is 0 Å². The van der Waals surface area contributed by atoms with E-state index in [0.717, 1.165) is 11.1 Å². The van der Waals surface area contributed by atoms with Gasteiger partial charge in [-0.05, 0) is 25.0 Å². The highest BCUT2D eigenvalue weighted by Gasteiger charge is 2.37. The van der Waals surface area contributed by atoms with Gasteiger partial charge in [0.15, 0.2) is 16.4 Å². The molecular formula is C14H19NO5S. The fraction of sp³-hybridized carbons (Fsp3) is 0.500. The maximum Gasteiger partial charge on any atom is 0.258 e. The number of aliphatic hydroxyl groups excluding tert-OH is 1. The number of nitrogens with one attached hydrogen (secondary N) is 1. The predicted molar refractivity (Wildman–Crippen MR) is 78.0 cm³/mol. The molecule has 0 bridgehead atoms. The minimum Gasteiger partial charge on any atom is -0.483 e. The van der Waals surface area contributed by atoms with Crippen molar-refractivity contribution in [3.63, 3.8) is 0 Å². The van der Waals surface area contributed by atoms with Gasteiger partial charge in [0, 0.05) is 0 Å². The number of para-hydroxylation sites is 1. The summed E-state index contributed by atoms with van der Waals surface area (Å²) in [4.78, 5) is 11.8. The Morgan fingerprint density at radius 2 is 1.95 bits per heavy atom. The molecule has 116 valence electrons. The maximum absolute atomic E-state index is 11.8. The minimum atomic E-state index is -3.28. The summed E-state index contributed by atoms with van der Waals surface area (Å²) in [5.74, 6) is -0.343. The van der Waals surface area contributed by atoms with Gasteiger partial charge in [0.2, 0.25) is 0 Å². The van der Waals surface area contributed by atoms with Crippen molar-refractivity contribution in [3.05, 3.63) is 29.3 Å². The lowest BCUT2D eigenvalue weighted by Crippen LogP contribution is -2.44. The third kappa shape index (κ3) is 3.95.